The molecule has 2 atom stereocenters. The Bertz CT molecular complexity index is 870. The first-order valence-electron chi connectivity index (χ1n) is 10.5. The average molecular weight is 437 g/mol. The zero-order valence-electron chi connectivity index (χ0n) is 18.6. The fourth-order valence-electron chi connectivity index (χ4n) is 4.70. The van der Waals surface area contributed by atoms with E-state index < -0.39 is 19.7 Å². The van der Waals surface area contributed by atoms with E-state index in [1.807, 2.05) is 25.2 Å². The van der Waals surface area contributed by atoms with Crippen LogP contribution < -0.4 is 0 Å². The first-order valence-corrected chi connectivity index (χ1v) is 12.0. The maximum Gasteiger partial charge on any atom is 0.529 e. The standard InChI is InChI=1S/C22H32NO6P/c1-7-26-21(24)16-14-23(6)20-18(15-12-10-11-13-17(15)22(20,4)5)19(16)29-30(25,27-8-2)28-9-3/h10-13,16,20H,7-9,14H2,1-6H3/t16-,20-/m0/s1. The second-order valence-electron chi connectivity index (χ2n) is 8.07. The molecule has 0 aromatic heterocycles. The van der Waals surface area contributed by atoms with Crippen LogP contribution in [0.2, 0.25) is 0 Å². The van der Waals surface area contributed by atoms with Crippen molar-refractivity contribution in [3.63, 3.8) is 0 Å². The van der Waals surface area contributed by atoms with Gasteiger partial charge in [0.15, 0.2) is 0 Å². The van der Waals surface area contributed by atoms with Crippen LogP contribution >= 0.6 is 7.82 Å². The van der Waals surface area contributed by atoms with Gasteiger partial charge in [-0.1, -0.05) is 38.1 Å². The highest BCUT2D eigenvalue weighted by molar-refractivity contribution is 7.48. The van der Waals surface area contributed by atoms with Crippen LogP contribution in [-0.4, -0.2) is 50.3 Å². The van der Waals surface area contributed by atoms with E-state index in [-0.39, 0.29) is 31.3 Å². The maximum absolute atomic E-state index is 13.3. The Kier molecular flexibility index (Phi) is 6.78. The number of hydrogen-bond acceptors (Lipinski definition) is 7. The first-order chi connectivity index (χ1) is 14.2. The Morgan fingerprint density at radius 3 is 2.37 bits per heavy atom. The number of carbonyl (C=O) groups is 1. The summed E-state index contributed by atoms with van der Waals surface area (Å²) in [6, 6.07) is 8.03. The molecule has 1 heterocycles. The average Bonchev–Trinajstić information content (AvgIpc) is 2.93. The van der Waals surface area contributed by atoms with Crippen LogP contribution in [0.4, 0.5) is 0 Å². The molecule has 0 N–H and O–H groups in total. The summed E-state index contributed by atoms with van der Waals surface area (Å²) >= 11 is 0. The van der Waals surface area contributed by atoms with E-state index in [2.05, 4.69) is 24.8 Å². The van der Waals surface area contributed by atoms with E-state index in [1.165, 1.54) is 0 Å². The number of phosphoric acid groups is 1. The molecule has 2 aliphatic rings. The van der Waals surface area contributed by atoms with Crippen molar-refractivity contribution in [2.75, 3.05) is 33.4 Å². The smallest absolute Gasteiger partial charge is 0.465 e. The zero-order chi connectivity index (χ0) is 22.1. The van der Waals surface area contributed by atoms with Crippen LogP contribution in [0.3, 0.4) is 0 Å². The number of likely N-dealkylation sites (N-methyl/N-ethyl adjacent to an activating group) is 1. The summed E-state index contributed by atoms with van der Waals surface area (Å²) in [4.78, 5) is 15.0. The third kappa shape index (κ3) is 3.96. The zero-order valence-corrected chi connectivity index (χ0v) is 19.5. The van der Waals surface area contributed by atoms with Gasteiger partial charge in [0, 0.05) is 23.6 Å². The Labute approximate surface area is 178 Å². The van der Waals surface area contributed by atoms with Crippen molar-refractivity contribution in [3.05, 3.63) is 41.2 Å². The van der Waals surface area contributed by atoms with Crippen molar-refractivity contribution in [2.45, 2.75) is 46.1 Å². The highest BCUT2D eigenvalue weighted by atomic mass is 31.2. The molecular formula is C22H32NO6P. The van der Waals surface area contributed by atoms with E-state index in [0.717, 1.165) is 16.7 Å². The van der Waals surface area contributed by atoms with Gasteiger partial charge in [-0.05, 0) is 38.9 Å². The van der Waals surface area contributed by atoms with Gasteiger partial charge < -0.3 is 9.26 Å². The third-order valence-electron chi connectivity index (χ3n) is 5.72. The summed E-state index contributed by atoms with van der Waals surface area (Å²) in [5, 5.41) is 0. The minimum absolute atomic E-state index is 0.0488. The third-order valence-corrected chi connectivity index (χ3v) is 7.29. The highest BCUT2D eigenvalue weighted by Crippen LogP contribution is 2.58. The topological polar surface area (TPSA) is 74.3 Å². The van der Waals surface area contributed by atoms with Crippen molar-refractivity contribution in [3.8, 4) is 0 Å². The Hall–Kier alpha value is -1.66. The van der Waals surface area contributed by atoms with Gasteiger partial charge in [0.2, 0.25) is 0 Å². The molecule has 0 fully saturated rings. The van der Waals surface area contributed by atoms with Crippen molar-refractivity contribution in [1.82, 2.24) is 4.90 Å². The monoisotopic (exact) mass is 437 g/mol. The lowest BCUT2D eigenvalue weighted by molar-refractivity contribution is -0.148. The number of nitrogens with zero attached hydrogens (tertiary/aromatic N) is 1. The summed E-state index contributed by atoms with van der Waals surface area (Å²) in [6.45, 7) is 10.5. The molecule has 0 spiro atoms. The number of fused-ring (bicyclic) bond motifs is 3. The molecule has 166 valence electrons. The SMILES string of the molecule is CCOC(=O)[C@H]1CN(C)[C@H]2C(=C1OP(=O)(OCC)OCC)c1ccccc1C2(C)C. The molecule has 1 aliphatic carbocycles. The van der Waals surface area contributed by atoms with Crippen molar-refractivity contribution >= 4 is 19.4 Å². The van der Waals surface area contributed by atoms with Crippen LogP contribution in [0, 0.1) is 5.92 Å². The Balaban J connectivity index is 2.23. The molecule has 0 saturated heterocycles. The van der Waals surface area contributed by atoms with Gasteiger partial charge >= 0.3 is 13.8 Å². The largest absolute Gasteiger partial charge is 0.529 e. The molecular weight excluding hydrogens is 405 g/mol. The van der Waals surface area contributed by atoms with Gasteiger partial charge in [-0.25, -0.2) is 4.57 Å². The maximum atomic E-state index is 13.3. The second-order valence-corrected chi connectivity index (χ2v) is 9.66. The lowest BCUT2D eigenvalue weighted by Crippen LogP contribution is -2.50. The number of benzene rings is 1. The first kappa shape index (κ1) is 23.0. The molecule has 0 amide bonds. The van der Waals surface area contributed by atoms with Crippen LogP contribution in [-0.2, 0) is 33.1 Å². The van der Waals surface area contributed by atoms with Crippen LogP contribution in [0.5, 0.6) is 0 Å². The number of rotatable bonds is 8. The van der Waals surface area contributed by atoms with E-state index in [9.17, 15) is 9.36 Å². The molecule has 1 aromatic rings. The van der Waals surface area contributed by atoms with Gasteiger partial charge in [-0.2, -0.15) is 0 Å². The fraction of sp³-hybridized carbons (Fsp3) is 0.591. The number of carbonyl (C=O) groups excluding carboxylic acids is 1. The van der Waals surface area contributed by atoms with Crippen LogP contribution in [0.1, 0.15) is 45.7 Å². The van der Waals surface area contributed by atoms with Gasteiger partial charge in [-0.3, -0.25) is 18.7 Å². The minimum Gasteiger partial charge on any atom is -0.465 e. The summed E-state index contributed by atoms with van der Waals surface area (Å²) in [6.07, 6.45) is 0. The lowest BCUT2D eigenvalue weighted by atomic mass is 9.79. The molecule has 0 bridgehead atoms. The molecule has 1 aliphatic heterocycles. The molecule has 30 heavy (non-hydrogen) atoms. The van der Waals surface area contributed by atoms with E-state index >= 15 is 0 Å². The van der Waals surface area contributed by atoms with E-state index in [1.54, 1.807) is 20.8 Å². The number of esters is 1. The Morgan fingerprint density at radius 1 is 1.13 bits per heavy atom. The molecule has 1 aromatic carbocycles. The molecule has 0 unspecified atom stereocenters. The summed E-state index contributed by atoms with van der Waals surface area (Å²) in [5.74, 6) is -0.802. The number of ether oxygens (including phenoxy) is 1. The number of hydrogen-bond donors (Lipinski definition) is 0. The molecule has 3 rings (SSSR count). The Morgan fingerprint density at radius 2 is 1.77 bits per heavy atom. The van der Waals surface area contributed by atoms with Crippen molar-refractivity contribution in [1.29, 1.82) is 0 Å². The van der Waals surface area contributed by atoms with E-state index in [0.29, 0.717) is 12.3 Å². The quantitative estimate of drug-likeness (QED) is 0.441. The minimum atomic E-state index is -3.89. The van der Waals surface area contributed by atoms with Gasteiger partial charge in [0.1, 0.15) is 11.7 Å². The molecule has 8 heteroatoms. The lowest BCUT2D eigenvalue weighted by Gasteiger charge is -2.42. The predicted molar refractivity (Wildman–Crippen MR) is 115 cm³/mol. The molecule has 7 nitrogen and oxygen atoms in total. The van der Waals surface area contributed by atoms with Crippen LogP contribution in [0.25, 0.3) is 5.57 Å². The van der Waals surface area contributed by atoms with Gasteiger partial charge in [0.25, 0.3) is 0 Å². The predicted octanol–water partition coefficient (Wildman–Crippen LogP) is 4.38. The van der Waals surface area contributed by atoms with Gasteiger partial charge in [0.05, 0.1) is 19.8 Å². The summed E-state index contributed by atoms with van der Waals surface area (Å²) in [5.41, 5.74) is 2.77. The van der Waals surface area contributed by atoms with Crippen molar-refractivity contribution < 1.29 is 27.7 Å². The highest BCUT2D eigenvalue weighted by Gasteiger charge is 2.53. The normalized spacial score (nSPS) is 23.1. The molecule has 0 saturated carbocycles. The molecule has 0 radical (unpaired) electrons. The summed E-state index contributed by atoms with van der Waals surface area (Å²) in [7, 11) is -1.90. The van der Waals surface area contributed by atoms with Gasteiger partial charge in [-0.15, -0.1) is 0 Å². The number of phosphoric ester groups is 1. The summed E-state index contributed by atoms with van der Waals surface area (Å²) < 4.78 is 35.4. The van der Waals surface area contributed by atoms with Crippen LogP contribution in [0.15, 0.2) is 30.0 Å². The fourth-order valence-corrected chi connectivity index (χ4v) is 5.98. The second kappa shape index (κ2) is 8.83. The van der Waals surface area contributed by atoms with Crippen molar-refractivity contribution in [2.24, 2.45) is 5.92 Å². The van der Waals surface area contributed by atoms with E-state index in [4.69, 9.17) is 18.3 Å².